The third-order valence-electron chi connectivity index (χ3n) is 3.67. The van der Waals surface area contributed by atoms with Gasteiger partial charge in [0, 0.05) is 23.8 Å². The molecule has 4 heteroatoms. The van der Waals surface area contributed by atoms with Crippen LogP contribution in [0.2, 0.25) is 0 Å². The van der Waals surface area contributed by atoms with Gasteiger partial charge in [0.2, 0.25) is 0 Å². The maximum absolute atomic E-state index is 7.83. The van der Waals surface area contributed by atoms with Crippen LogP contribution in [0, 0.1) is 12.3 Å². The second-order valence-electron chi connectivity index (χ2n) is 5.42. The molecule has 0 atom stereocenters. The molecule has 3 nitrogen and oxygen atoms in total. The van der Waals surface area contributed by atoms with Gasteiger partial charge in [-0.15, -0.1) is 0 Å². The van der Waals surface area contributed by atoms with E-state index < -0.39 is 0 Å². The lowest BCUT2D eigenvalue weighted by molar-refractivity contribution is 0.795. The van der Waals surface area contributed by atoms with Crippen molar-refractivity contribution in [1.82, 2.24) is 0 Å². The summed E-state index contributed by atoms with van der Waals surface area (Å²) >= 11 is 1.73. The largest absolute Gasteiger partial charge is 0.384 e. The van der Waals surface area contributed by atoms with Gasteiger partial charge in [0.1, 0.15) is 5.84 Å². The number of nitrogens with two attached hydrogens (primary N) is 1. The minimum atomic E-state index is 0.152. The molecule has 0 spiro atoms. The van der Waals surface area contributed by atoms with E-state index >= 15 is 0 Å². The summed E-state index contributed by atoms with van der Waals surface area (Å²) in [6.45, 7) is 2.94. The van der Waals surface area contributed by atoms with Gasteiger partial charge in [0.15, 0.2) is 0 Å². The van der Waals surface area contributed by atoms with E-state index in [4.69, 9.17) is 11.1 Å². The SMILES string of the molecule is Cc1ccc(N(Cc2ccsc2)C2CC2)c(C(=N)N)c1. The first-order chi connectivity index (χ1) is 9.65. The number of rotatable bonds is 5. The van der Waals surface area contributed by atoms with Crippen LogP contribution in [0.3, 0.4) is 0 Å². The molecule has 1 aliphatic rings. The van der Waals surface area contributed by atoms with E-state index in [1.54, 1.807) is 11.3 Å². The molecule has 2 aromatic rings. The van der Waals surface area contributed by atoms with Gasteiger partial charge in [-0.05, 0) is 54.3 Å². The minimum Gasteiger partial charge on any atom is -0.384 e. The lowest BCUT2D eigenvalue weighted by Gasteiger charge is -2.27. The summed E-state index contributed by atoms with van der Waals surface area (Å²) in [5.74, 6) is 0.152. The maximum Gasteiger partial charge on any atom is 0.124 e. The predicted octanol–water partition coefficient (Wildman–Crippen LogP) is 3.51. The van der Waals surface area contributed by atoms with E-state index in [1.807, 2.05) is 13.0 Å². The molecule has 1 aromatic heterocycles. The molecular weight excluding hydrogens is 266 g/mol. The summed E-state index contributed by atoms with van der Waals surface area (Å²) in [5, 5.41) is 12.1. The van der Waals surface area contributed by atoms with E-state index in [2.05, 4.69) is 33.9 Å². The molecule has 20 heavy (non-hydrogen) atoms. The minimum absolute atomic E-state index is 0.152. The van der Waals surface area contributed by atoms with Crippen LogP contribution in [-0.4, -0.2) is 11.9 Å². The number of nitrogens with zero attached hydrogens (tertiary/aromatic N) is 1. The van der Waals surface area contributed by atoms with E-state index in [1.165, 1.54) is 18.4 Å². The molecule has 0 unspecified atom stereocenters. The monoisotopic (exact) mass is 285 g/mol. The molecular formula is C16H19N3S. The molecule has 104 valence electrons. The van der Waals surface area contributed by atoms with Crippen molar-refractivity contribution in [2.24, 2.45) is 5.73 Å². The maximum atomic E-state index is 7.83. The Morgan fingerprint density at radius 1 is 1.40 bits per heavy atom. The first kappa shape index (κ1) is 13.2. The highest BCUT2D eigenvalue weighted by Gasteiger charge is 2.30. The van der Waals surface area contributed by atoms with Crippen LogP contribution in [-0.2, 0) is 6.54 Å². The Hall–Kier alpha value is -1.81. The second kappa shape index (κ2) is 5.29. The van der Waals surface area contributed by atoms with Crippen LogP contribution >= 0.6 is 11.3 Å². The van der Waals surface area contributed by atoms with Crippen LogP contribution < -0.4 is 10.6 Å². The normalized spacial score (nSPS) is 14.2. The zero-order chi connectivity index (χ0) is 14.1. The van der Waals surface area contributed by atoms with Gasteiger partial charge >= 0.3 is 0 Å². The molecule has 1 fully saturated rings. The lowest BCUT2D eigenvalue weighted by atomic mass is 10.1. The van der Waals surface area contributed by atoms with Gasteiger partial charge in [-0.3, -0.25) is 5.41 Å². The average molecular weight is 285 g/mol. The highest BCUT2D eigenvalue weighted by atomic mass is 32.1. The molecule has 3 rings (SSSR count). The van der Waals surface area contributed by atoms with Gasteiger partial charge in [-0.2, -0.15) is 11.3 Å². The molecule has 1 aromatic carbocycles. The quantitative estimate of drug-likeness (QED) is 0.652. The summed E-state index contributed by atoms with van der Waals surface area (Å²) in [7, 11) is 0. The van der Waals surface area contributed by atoms with Crippen molar-refractivity contribution in [3.05, 3.63) is 51.7 Å². The van der Waals surface area contributed by atoms with Crippen LogP contribution in [0.15, 0.2) is 35.0 Å². The van der Waals surface area contributed by atoms with Gasteiger partial charge in [-0.1, -0.05) is 11.6 Å². The second-order valence-corrected chi connectivity index (χ2v) is 6.20. The Morgan fingerprint density at radius 3 is 2.80 bits per heavy atom. The molecule has 1 heterocycles. The van der Waals surface area contributed by atoms with Crippen LogP contribution in [0.5, 0.6) is 0 Å². The predicted molar refractivity (Wildman–Crippen MR) is 85.7 cm³/mol. The number of nitrogen functional groups attached to an aromatic ring is 1. The number of nitrogens with one attached hydrogen (secondary N) is 1. The molecule has 0 radical (unpaired) electrons. The van der Waals surface area contributed by atoms with E-state index in [9.17, 15) is 0 Å². The van der Waals surface area contributed by atoms with Crippen molar-refractivity contribution in [3.63, 3.8) is 0 Å². The summed E-state index contributed by atoms with van der Waals surface area (Å²) in [6.07, 6.45) is 2.46. The van der Waals surface area contributed by atoms with E-state index in [-0.39, 0.29) is 5.84 Å². The third-order valence-corrected chi connectivity index (χ3v) is 4.40. The van der Waals surface area contributed by atoms with E-state index in [0.717, 1.165) is 23.4 Å². The highest BCUT2D eigenvalue weighted by molar-refractivity contribution is 7.07. The number of benzene rings is 1. The van der Waals surface area contributed by atoms with Crippen LogP contribution in [0.25, 0.3) is 0 Å². The van der Waals surface area contributed by atoms with E-state index in [0.29, 0.717) is 6.04 Å². The van der Waals surface area contributed by atoms with Gasteiger partial charge in [0.05, 0.1) is 0 Å². The number of amidine groups is 1. The Morgan fingerprint density at radius 2 is 2.20 bits per heavy atom. The lowest BCUT2D eigenvalue weighted by Crippen LogP contribution is -2.28. The fraction of sp³-hybridized carbons (Fsp3) is 0.312. The zero-order valence-electron chi connectivity index (χ0n) is 11.6. The molecule has 0 saturated heterocycles. The van der Waals surface area contributed by atoms with Crippen molar-refractivity contribution in [3.8, 4) is 0 Å². The van der Waals surface area contributed by atoms with Gasteiger partial charge < -0.3 is 10.6 Å². The number of hydrogen-bond donors (Lipinski definition) is 2. The first-order valence-electron chi connectivity index (χ1n) is 6.88. The van der Waals surface area contributed by atoms with Crippen molar-refractivity contribution in [2.75, 3.05) is 4.90 Å². The van der Waals surface area contributed by atoms with Crippen molar-refractivity contribution in [1.29, 1.82) is 5.41 Å². The first-order valence-corrected chi connectivity index (χ1v) is 7.82. The van der Waals surface area contributed by atoms with Crippen LogP contribution in [0.1, 0.15) is 29.5 Å². The molecule has 0 bridgehead atoms. The summed E-state index contributed by atoms with van der Waals surface area (Å²) in [5.41, 5.74) is 10.2. The fourth-order valence-corrected chi connectivity index (χ4v) is 3.15. The third kappa shape index (κ3) is 2.70. The molecule has 1 aliphatic carbocycles. The van der Waals surface area contributed by atoms with Crippen LogP contribution in [0.4, 0.5) is 5.69 Å². The smallest absolute Gasteiger partial charge is 0.124 e. The van der Waals surface area contributed by atoms with Gasteiger partial charge in [0.25, 0.3) is 0 Å². The molecule has 3 N–H and O–H groups in total. The van der Waals surface area contributed by atoms with Crippen molar-refractivity contribution < 1.29 is 0 Å². The Kier molecular flexibility index (Phi) is 3.49. The number of hydrogen-bond acceptors (Lipinski definition) is 3. The van der Waals surface area contributed by atoms with Crippen molar-refractivity contribution >= 4 is 22.9 Å². The number of thiophene rings is 1. The standard InChI is InChI=1S/C16H19N3S/c1-11-2-5-15(14(8-11)16(17)18)19(13-3-4-13)9-12-6-7-20-10-12/h2,5-8,10,13H,3-4,9H2,1H3,(H3,17,18). The highest BCUT2D eigenvalue weighted by Crippen LogP contribution is 2.35. The fourth-order valence-electron chi connectivity index (χ4n) is 2.49. The molecule has 1 saturated carbocycles. The number of anilines is 1. The summed E-state index contributed by atoms with van der Waals surface area (Å²) in [4.78, 5) is 2.40. The van der Waals surface area contributed by atoms with Crippen molar-refractivity contribution in [2.45, 2.75) is 32.4 Å². The molecule has 0 amide bonds. The number of aryl methyl sites for hydroxylation is 1. The van der Waals surface area contributed by atoms with Gasteiger partial charge in [-0.25, -0.2) is 0 Å². The molecule has 0 aliphatic heterocycles. The summed E-state index contributed by atoms with van der Waals surface area (Å²) in [6, 6.07) is 8.99. The topological polar surface area (TPSA) is 53.1 Å². The zero-order valence-corrected chi connectivity index (χ0v) is 12.4. The Labute approximate surface area is 123 Å². The summed E-state index contributed by atoms with van der Waals surface area (Å²) < 4.78 is 0. The Balaban J connectivity index is 1.97. The Bertz CT molecular complexity index is 615. The average Bonchev–Trinajstić information content (AvgIpc) is 3.13.